The van der Waals surface area contributed by atoms with Crippen LogP contribution < -0.4 is 5.32 Å². The van der Waals surface area contributed by atoms with Crippen LogP contribution in [0.4, 0.5) is 4.79 Å². The highest BCUT2D eigenvalue weighted by atomic mass is 32.2. The Balaban J connectivity index is 2.04. The number of benzene rings is 1. The Morgan fingerprint density at radius 2 is 2.25 bits per heavy atom. The molecule has 1 aliphatic rings. The number of ether oxygens (including phenoxy) is 1. The molecule has 0 aromatic heterocycles. The molecule has 1 heterocycles. The molecule has 0 saturated carbocycles. The number of carbonyl (C=O) groups is 1. The van der Waals surface area contributed by atoms with Gasteiger partial charge in [0.1, 0.15) is 5.75 Å². The molecular formula is C10H11NO4S. The van der Waals surface area contributed by atoms with Crippen molar-refractivity contribution in [1.29, 1.82) is 0 Å². The van der Waals surface area contributed by atoms with E-state index in [-0.39, 0.29) is 11.1 Å². The lowest BCUT2D eigenvalue weighted by atomic mass is 10.2. The Labute approximate surface area is 96.4 Å². The highest BCUT2D eigenvalue weighted by Gasteiger charge is 2.29. The van der Waals surface area contributed by atoms with Gasteiger partial charge in [-0.25, -0.2) is 4.79 Å². The summed E-state index contributed by atoms with van der Waals surface area (Å²) in [7, 11) is 0. The van der Waals surface area contributed by atoms with Crippen LogP contribution in [0.5, 0.6) is 5.75 Å². The second kappa shape index (κ2) is 4.63. The van der Waals surface area contributed by atoms with Crippen molar-refractivity contribution in [2.75, 3.05) is 5.75 Å². The molecule has 0 bridgehead atoms. The number of nitrogens with one attached hydrogen (secondary N) is 1. The molecule has 1 aromatic rings. The van der Waals surface area contributed by atoms with E-state index in [1.165, 1.54) is 11.8 Å². The van der Waals surface area contributed by atoms with E-state index in [1.54, 1.807) is 18.2 Å². The molecule has 2 rings (SSSR count). The van der Waals surface area contributed by atoms with Crippen LogP contribution in [0.3, 0.4) is 0 Å². The summed E-state index contributed by atoms with van der Waals surface area (Å²) >= 11 is 1.50. The number of rotatable bonds is 2. The largest absolute Gasteiger partial charge is 0.508 e. The third kappa shape index (κ3) is 2.40. The minimum atomic E-state index is -1.30. The first-order valence-electron chi connectivity index (χ1n) is 4.72. The summed E-state index contributed by atoms with van der Waals surface area (Å²) in [5, 5.41) is 20.9. The monoisotopic (exact) mass is 241 g/mol. The smallest absolute Gasteiger partial charge is 0.507 e. The minimum absolute atomic E-state index is 0.134. The number of hydrogen-bond donors (Lipinski definition) is 3. The van der Waals surface area contributed by atoms with Gasteiger partial charge in [-0.15, -0.1) is 11.8 Å². The van der Waals surface area contributed by atoms with Crippen molar-refractivity contribution in [3.8, 4) is 5.75 Å². The van der Waals surface area contributed by atoms with E-state index >= 15 is 0 Å². The summed E-state index contributed by atoms with van der Waals surface area (Å²) in [5.41, 5.74) is 0.740. The predicted octanol–water partition coefficient (Wildman–Crippen LogP) is 1.75. The molecule has 1 saturated heterocycles. The first-order valence-corrected chi connectivity index (χ1v) is 5.77. The zero-order valence-corrected chi connectivity index (χ0v) is 9.11. The van der Waals surface area contributed by atoms with Crippen molar-refractivity contribution < 1.29 is 19.7 Å². The normalized spacial score (nSPS) is 24.2. The summed E-state index contributed by atoms with van der Waals surface area (Å²) in [5.74, 6) is 0.731. The topological polar surface area (TPSA) is 78.8 Å². The van der Waals surface area contributed by atoms with Crippen LogP contribution in [0.25, 0.3) is 0 Å². The van der Waals surface area contributed by atoms with Gasteiger partial charge in [0.15, 0.2) is 6.23 Å². The van der Waals surface area contributed by atoms with Crippen molar-refractivity contribution in [3.63, 3.8) is 0 Å². The molecule has 0 amide bonds. The molecule has 0 radical (unpaired) electrons. The fourth-order valence-electron chi connectivity index (χ4n) is 1.53. The van der Waals surface area contributed by atoms with Crippen LogP contribution in [0, 0.1) is 0 Å². The number of phenolic OH excluding ortho intramolecular Hbond substituents is 1. The molecule has 1 fully saturated rings. The van der Waals surface area contributed by atoms with E-state index < -0.39 is 12.4 Å². The predicted molar refractivity (Wildman–Crippen MR) is 59.3 cm³/mol. The minimum Gasteiger partial charge on any atom is -0.508 e. The van der Waals surface area contributed by atoms with Crippen molar-refractivity contribution >= 4 is 17.9 Å². The molecule has 86 valence electrons. The highest BCUT2D eigenvalue weighted by Crippen LogP contribution is 2.37. The Morgan fingerprint density at radius 3 is 2.94 bits per heavy atom. The quantitative estimate of drug-likeness (QED) is 0.685. The molecule has 16 heavy (non-hydrogen) atoms. The van der Waals surface area contributed by atoms with E-state index in [2.05, 4.69) is 10.1 Å². The van der Waals surface area contributed by atoms with Crippen LogP contribution in [-0.2, 0) is 4.74 Å². The Morgan fingerprint density at radius 1 is 1.50 bits per heavy atom. The molecule has 5 nitrogen and oxygen atoms in total. The van der Waals surface area contributed by atoms with Gasteiger partial charge in [0.05, 0.1) is 5.37 Å². The van der Waals surface area contributed by atoms with Crippen molar-refractivity contribution in [2.24, 2.45) is 0 Å². The maximum Gasteiger partial charge on any atom is 0.507 e. The zero-order chi connectivity index (χ0) is 11.5. The average Bonchev–Trinajstić information content (AvgIpc) is 2.66. The Hall–Kier alpha value is -1.40. The molecule has 2 atom stereocenters. The molecule has 3 N–H and O–H groups in total. The van der Waals surface area contributed by atoms with Gasteiger partial charge in [0, 0.05) is 11.3 Å². The van der Waals surface area contributed by atoms with E-state index in [1.807, 2.05) is 6.07 Å². The second-order valence-corrected chi connectivity index (χ2v) is 4.45. The lowest BCUT2D eigenvalue weighted by Crippen LogP contribution is -2.30. The third-order valence-electron chi connectivity index (χ3n) is 2.21. The van der Waals surface area contributed by atoms with Crippen LogP contribution >= 0.6 is 11.8 Å². The number of hydrogen-bond acceptors (Lipinski definition) is 5. The number of aromatic hydroxyl groups is 1. The van der Waals surface area contributed by atoms with Crippen LogP contribution in [0.1, 0.15) is 10.9 Å². The summed E-state index contributed by atoms with van der Waals surface area (Å²) in [6.07, 6.45) is -1.82. The van der Waals surface area contributed by atoms with E-state index in [4.69, 9.17) is 5.11 Å². The fraction of sp³-hybridized carbons (Fsp3) is 0.300. The molecule has 2 unspecified atom stereocenters. The molecule has 1 aromatic carbocycles. The molecule has 6 heteroatoms. The second-order valence-electron chi connectivity index (χ2n) is 3.31. The Bertz CT molecular complexity index is 398. The van der Waals surface area contributed by atoms with Crippen molar-refractivity contribution in [2.45, 2.75) is 11.6 Å². The first kappa shape index (κ1) is 11.1. The van der Waals surface area contributed by atoms with Gasteiger partial charge in [-0.2, -0.15) is 0 Å². The van der Waals surface area contributed by atoms with E-state index in [0.29, 0.717) is 5.75 Å². The fourth-order valence-corrected chi connectivity index (χ4v) is 2.69. The van der Waals surface area contributed by atoms with Crippen LogP contribution in [0.15, 0.2) is 24.3 Å². The van der Waals surface area contributed by atoms with Gasteiger partial charge < -0.3 is 14.9 Å². The number of phenols is 1. The first-order chi connectivity index (χ1) is 7.66. The summed E-state index contributed by atoms with van der Waals surface area (Å²) in [4.78, 5) is 10.3. The molecular weight excluding hydrogens is 230 g/mol. The van der Waals surface area contributed by atoms with Crippen LogP contribution in [0.2, 0.25) is 0 Å². The van der Waals surface area contributed by atoms with Gasteiger partial charge >= 0.3 is 6.16 Å². The van der Waals surface area contributed by atoms with Gasteiger partial charge in [-0.05, 0) is 6.07 Å². The number of thioether (sulfide) groups is 1. The third-order valence-corrected chi connectivity index (χ3v) is 3.43. The standard InChI is InChI=1S/C10H11NO4S/c12-7-4-2-1-3-6(7)9-11-8(5-16-9)15-10(13)14/h1-4,8-9,11-12H,5H2,(H,13,14). The molecule has 1 aliphatic heterocycles. The molecule has 0 spiro atoms. The number of para-hydroxylation sites is 1. The van der Waals surface area contributed by atoms with Gasteiger partial charge in [0.2, 0.25) is 0 Å². The highest BCUT2D eigenvalue weighted by molar-refractivity contribution is 7.99. The molecule has 0 aliphatic carbocycles. The summed E-state index contributed by atoms with van der Waals surface area (Å²) in [6, 6.07) is 6.96. The lowest BCUT2D eigenvalue weighted by molar-refractivity contribution is 0.0495. The maximum absolute atomic E-state index is 10.3. The average molecular weight is 241 g/mol. The van der Waals surface area contributed by atoms with E-state index in [0.717, 1.165) is 5.56 Å². The lowest BCUT2D eigenvalue weighted by Gasteiger charge is -2.13. The zero-order valence-electron chi connectivity index (χ0n) is 8.29. The van der Waals surface area contributed by atoms with Crippen molar-refractivity contribution in [3.05, 3.63) is 29.8 Å². The number of carboxylic acid groups (broad SMARTS) is 1. The summed E-state index contributed by atoms with van der Waals surface area (Å²) < 4.78 is 4.61. The maximum atomic E-state index is 10.3. The van der Waals surface area contributed by atoms with Gasteiger partial charge in [-0.1, -0.05) is 18.2 Å². The van der Waals surface area contributed by atoms with Crippen LogP contribution in [-0.4, -0.2) is 28.3 Å². The SMILES string of the molecule is O=C(O)OC1CSC(c2ccccc2O)N1. The van der Waals surface area contributed by atoms with Gasteiger partial charge in [0.25, 0.3) is 0 Å². The van der Waals surface area contributed by atoms with Crippen molar-refractivity contribution in [1.82, 2.24) is 5.32 Å². The van der Waals surface area contributed by atoms with E-state index in [9.17, 15) is 9.90 Å². The summed E-state index contributed by atoms with van der Waals surface area (Å²) in [6.45, 7) is 0. The van der Waals surface area contributed by atoms with Gasteiger partial charge in [-0.3, -0.25) is 5.32 Å². The Kier molecular flexibility index (Phi) is 3.21.